The smallest absolute Gasteiger partial charge is 0.159 e. The number of aromatic nitrogens is 1. The van der Waals surface area contributed by atoms with Crippen molar-refractivity contribution in [3.63, 3.8) is 0 Å². The quantitative estimate of drug-likeness (QED) is 0.135. The number of furan rings is 2. The van der Waals surface area contributed by atoms with Gasteiger partial charge in [-0.25, -0.2) is 0 Å². The maximum Gasteiger partial charge on any atom is 0.159 e. The van der Waals surface area contributed by atoms with Gasteiger partial charge < -0.3 is 23.2 Å². The van der Waals surface area contributed by atoms with Gasteiger partial charge in [0.05, 0.1) is 49.9 Å². The molecule has 0 spiro atoms. The highest BCUT2D eigenvalue weighted by atomic mass is 28.3. The summed E-state index contributed by atoms with van der Waals surface area (Å²) >= 11 is 0. The Kier molecular flexibility index (Phi) is 10.2. The van der Waals surface area contributed by atoms with E-state index in [4.69, 9.17) is 8.83 Å². The molecule has 0 bridgehead atoms. The van der Waals surface area contributed by atoms with Gasteiger partial charge in [0.1, 0.15) is 11.2 Å². The fourth-order valence-corrected chi connectivity index (χ4v) is 14.1. The number of fused-ring (bicyclic) bond motifs is 13. The molecular weight excluding hydrogens is 947 g/mol. The van der Waals surface area contributed by atoms with Gasteiger partial charge in [-0.05, 0) is 83.6 Å². The van der Waals surface area contributed by atoms with Gasteiger partial charge in [0.15, 0.2) is 11.2 Å². The molecule has 0 aliphatic rings. The van der Waals surface area contributed by atoms with E-state index in [1.165, 1.54) is 31.9 Å². The van der Waals surface area contributed by atoms with Crippen molar-refractivity contribution in [2.75, 3.05) is 9.80 Å². The standard InChI is InChI=1S/C68H55N3O2Si2/c1-74(2,3)47-38-34-45(35-39-47)69(57-30-18-28-55-51-24-14-16-32-63(51)72-67(55)57)59-42-61-65(53-26-12-10-22-49(53)59)66-54-27-13-11-23-50(54)60(43-62(66)71(61)44-20-8-7-9-21-44)70(46-36-40-48(41-37-46)75(4,5)6)58-31-19-29-56-52-25-15-17-33-64(52)73-68(56)58/h7-43H,1-6H3. The molecule has 0 fully saturated rings. The molecule has 0 saturated heterocycles. The zero-order valence-corrected chi connectivity index (χ0v) is 45.0. The molecule has 362 valence electrons. The molecule has 0 atom stereocenters. The lowest BCUT2D eigenvalue weighted by Gasteiger charge is -2.28. The maximum absolute atomic E-state index is 6.90. The zero-order chi connectivity index (χ0) is 50.7. The van der Waals surface area contributed by atoms with E-state index in [0.717, 1.165) is 105 Å². The van der Waals surface area contributed by atoms with Crippen molar-refractivity contribution in [2.45, 2.75) is 39.3 Å². The molecule has 7 heteroatoms. The number of anilines is 6. The molecule has 0 unspecified atom stereocenters. The fraction of sp³-hybridized carbons (Fsp3) is 0.0882. The highest BCUT2D eigenvalue weighted by Crippen LogP contribution is 2.52. The van der Waals surface area contributed by atoms with Gasteiger partial charge in [0, 0.05) is 60.2 Å². The third-order valence-corrected chi connectivity index (χ3v) is 19.6. The van der Waals surface area contributed by atoms with E-state index in [9.17, 15) is 0 Å². The number of hydrogen-bond donors (Lipinski definition) is 0. The van der Waals surface area contributed by atoms with E-state index < -0.39 is 16.1 Å². The first-order chi connectivity index (χ1) is 36.5. The molecular formula is C68H55N3O2Si2. The predicted molar refractivity (Wildman–Crippen MR) is 326 cm³/mol. The second kappa shape index (κ2) is 17.0. The van der Waals surface area contributed by atoms with Crippen molar-refractivity contribution in [3.8, 4) is 5.69 Å². The monoisotopic (exact) mass is 1000 g/mol. The first-order valence-electron chi connectivity index (χ1n) is 26.1. The van der Waals surface area contributed by atoms with Gasteiger partial charge in [0.25, 0.3) is 0 Å². The van der Waals surface area contributed by atoms with E-state index in [2.05, 4.69) is 278 Å². The summed E-state index contributed by atoms with van der Waals surface area (Å²) in [7, 11) is -3.24. The van der Waals surface area contributed by atoms with Crippen LogP contribution in [0.2, 0.25) is 39.3 Å². The average molecular weight is 1000 g/mol. The van der Waals surface area contributed by atoms with Crippen molar-refractivity contribution < 1.29 is 8.83 Å². The minimum Gasteiger partial charge on any atom is -0.454 e. The Balaban J connectivity index is 1.12. The van der Waals surface area contributed by atoms with Crippen molar-refractivity contribution in [2.24, 2.45) is 0 Å². The van der Waals surface area contributed by atoms with Crippen LogP contribution in [0.3, 0.4) is 0 Å². The lowest BCUT2D eigenvalue weighted by Crippen LogP contribution is -2.37. The molecule has 0 radical (unpaired) electrons. The van der Waals surface area contributed by atoms with Crippen LogP contribution in [0.15, 0.2) is 233 Å². The second-order valence-electron chi connectivity index (χ2n) is 22.1. The van der Waals surface area contributed by atoms with Gasteiger partial charge in [-0.15, -0.1) is 0 Å². The minimum absolute atomic E-state index is 0.855. The average Bonchev–Trinajstić information content (AvgIpc) is 4.17. The molecule has 3 heterocycles. The normalized spacial score (nSPS) is 12.4. The van der Waals surface area contributed by atoms with Crippen molar-refractivity contribution in [1.29, 1.82) is 0 Å². The number of nitrogens with zero attached hydrogens (tertiary/aromatic N) is 3. The number of benzene rings is 11. The van der Waals surface area contributed by atoms with Crippen LogP contribution in [0.25, 0.3) is 92.9 Å². The molecule has 0 N–H and O–H groups in total. The molecule has 14 rings (SSSR count). The molecule has 14 aromatic rings. The van der Waals surface area contributed by atoms with Gasteiger partial charge in [-0.3, -0.25) is 0 Å². The highest BCUT2D eigenvalue weighted by molar-refractivity contribution is 6.89. The Hall–Kier alpha value is -8.63. The topological polar surface area (TPSA) is 37.7 Å². The maximum atomic E-state index is 6.90. The molecule has 3 aromatic heterocycles. The van der Waals surface area contributed by atoms with Gasteiger partial charge in [-0.1, -0.05) is 201 Å². The predicted octanol–water partition coefficient (Wildman–Crippen LogP) is 18.9. The first kappa shape index (κ1) is 45.0. The van der Waals surface area contributed by atoms with E-state index in [1.54, 1.807) is 0 Å². The summed E-state index contributed by atoms with van der Waals surface area (Å²) in [5.41, 5.74) is 13.0. The number of hydrogen-bond acceptors (Lipinski definition) is 4. The summed E-state index contributed by atoms with van der Waals surface area (Å²) in [4.78, 5) is 4.88. The second-order valence-corrected chi connectivity index (χ2v) is 32.3. The van der Waals surface area contributed by atoms with E-state index in [-0.39, 0.29) is 0 Å². The Morgan fingerprint density at radius 1 is 0.320 bits per heavy atom. The molecule has 11 aromatic carbocycles. The first-order valence-corrected chi connectivity index (χ1v) is 33.1. The van der Waals surface area contributed by atoms with Gasteiger partial charge >= 0.3 is 0 Å². The summed E-state index contributed by atoms with van der Waals surface area (Å²) in [5.74, 6) is 0. The van der Waals surface area contributed by atoms with E-state index >= 15 is 0 Å². The third kappa shape index (κ3) is 7.17. The molecule has 0 aliphatic heterocycles. The Morgan fingerprint density at radius 3 is 1.09 bits per heavy atom. The lowest BCUT2D eigenvalue weighted by molar-refractivity contribution is 0.669. The summed E-state index contributed by atoms with van der Waals surface area (Å²) < 4.78 is 16.3. The Labute approximate surface area is 438 Å². The SMILES string of the molecule is C[Si](C)(C)c1ccc(N(c2cc3c(c4ccccc24)c2c4ccccc4c(N(c4ccc([Si](C)(C)C)cc4)c4cccc5c4oc4ccccc45)cc2n3-c2ccccc2)c2cccc3c2oc2ccccc23)cc1. The number of para-hydroxylation sites is 5. The van der Waals surface area contributed by atoms with Crippen LogP contribution < -0.4 is 20.2 Å². The molecule has 75 heavy (non-hydrogen) atoms. The molecule has 0 saturated carbocycles. The van der Waals surface area contributed by atoms with E-state index in [0.29, 0.717) is 0 Å². The summed E-state index contributed by atoms with van der Waals surface area (Å²) in [5, 5.41) is 14.3. The van der Waals surface area contributed by atoms with Crippen molar-refractivity contribution >= 4 is 148 Å². The fourth-order valence-electron chi connectivity index (χ4n) is 11.8. The van der Waals surface area contributed by atoms with Crippen molar-refractivity contribution in [1.82, 2.24) is 4.57 Å². The summed E-state index contributed by atoms with van der Waals surface area (Å²) in [6.45, 7) is 14.5. The van der Waals surface area contributed by atoms with Crippen LogP contribution in [-0.2, 0) is 0 Å². The van der Waals surface area contributed by atoms with Crippen molar-refractivity contribution in [3.05, 3.63) is 224 Å². The molecule has 0 amide bonds. The lowest BCUT2D eigenvalue weighted by atomic mass is 9.96. The molecule has 5 nitrogen and oxygen atoms in total. The van der Waals surface area contributed by atoms with Crippen LogP contribution in [-0.4, -0.2) is 20.7 Å². The van der Waals surface area contributed by atoms with Gasteiger partial charge in [0.2, 0.25) is 0 Å². The molecule has 0 aliphatic carbocycles. The highest BCUT2D eigenvalue weighted by Gasteiger charge is 2.29. The largest absolute Gasteiger partial charge is 0.454 e. The Morgan fingerprint density at radius 2 is 0.680 bits per heavy atom. The summed E-state index contributed by atoms with van der Waals surface area (Å²) in [6.07, 6.45) is 0. The van der Waals surface area contributed by atoms with E-state index in [1.807, 2.05) is 0 Å². The number of rotatable bonds is 9. The van der Waals surface area contributed by atoms with Crippen LogP contribution >= 0.6 is 0 Å². The third-order valence-electron chi connectivity index (χ3n) is 15.5. The van der Waals surface area contributed by atoms with Gasteiger partial charge in [-0.2, -0.15) is 0 Å². The van der Waals surface area contributed by atoms with Crippen LogP contribution in [0, 0.1) is 0 Å². The van der Waals surface area contributed by atoms with Crippen LogP contribution in [0.1, 0.15) is 0 Å². The Bertz CT molecular complexity index is 4280. The van der Waals surface area contributed by atoms with Crippen LogP contribution in [0.4, 0.5) is 34.1 Å². The minimum atomic E-state index is -1.62. The zero-order valence-electron chi connectivity index (χ0n) is 43.0. The van der Waals surface area contributed by atoms with Crippen LogP contribution in [0.5, 0.6) is 0 Å². The summed E-state index contributed by atoms with van der Waals surface area (Å²) in [6, 6.07) is 82.4.